The Balaban J connectivity index is 1.58. The minimum Gasteiger partial charge on any atom is -0.486 e. The fourth-order valence-electron chi connectivity index (χ4n) is 2.94. The second kappa shape index (κ2) is 8.03. The second-order valence-corrected chi connectivity index (χ2v) is 6.15. The zero-order valence-corrected chi connectivity index (χ0v) is 14.4. The molecule has 0 bridgehead atoms. The van der Waals surface area contributed by atoms with Gasteiger partial charge in [0, 0.05) is 19.0 Å². The number of likely N-dealkylation sites (N-methyl/N-ethyl adjacent to an activating group) is 1. The number of para-hydroxylation sites is 2. The van der Waals surface area contributed by atoms with Crippen LogP contribution in [0.1, 0.15) is 24.9 Å². The number of rotatable bonds is 6. The van der Waals surface area contributed by atoms with Crippen molar-refractivity contribution in [1.82, 2.24) is 4.90 Å². The highest BCUT2D eigenvalue weighted by atomic mass is 16.6. The third-order valence-corrected chi connectivity index (χ3v) is 4.35. The molecular weight excluding hydrogens is 316 g/mol. The first-order valence-corrected chi connectivity index (χ1v) is 8.64. The normalized spacial score (nSPS) is 17.0. The molecule has 0 saturated heterocycles. The molecule has 0 fully saturated rings. The van der Waals surface area contributed by atoms with Gasteiger partial charge in [0.1, 0.15) is 6.61 Å². The first kappa shape index (κ1) is 17.3. The third-order valence-electron chi connectivity index (χ3n) is 4.35. The Hall–Kier alpha value is -2.53. The van der Waals surface area contributed by atoms with Gasteiger partial charge >= 0.3 is 0 Å². The molecule has 2 unspecified atom stereocenters. The number of hydrogen-bond donors (Lipinski definition) is 1. The van der Waals surface area contributed by atoms with E-state index in [0.717, 1.165) is 17.1 Å². The summed E-state index contributed by atoms with van der Waals surface area (Å²) in [6.45, 7) is 3.50. The van der Waals surface area contributed by atoms with Gasteiger partial charge in [0.25, 0.3) is 0 Å². The number of ether oxygens (including phenoxy) is 2. The Morgan fingerprint density at radius 2 is 1.84 bits per heavy atom. The average Bonchev–Trinajstić information content (AvgIpc) is 2.66. The first-order chi connectivity index (χ1) is 12.2. The van der Waals surface area contributed by atoms with Gasteiger partial charge in [0.15, 0.2) is 17.6 Å². The third kappa shape index (κ3) is 4.31. The molecule has 0 aromatic heterocycles. The summed E-state index contributed by atoms with van der Waals surface area (Å²) in [5, 5.41) is 0. The molecule has 1 aliphatic rings. The first-order valence-electron chi connectivity index (χ1n) is 8.64. The smallest absolute Gasteiger partial charge is 0.224 e. The van der Waals surface area contributed by atoms with Gasteiger partial charge in [0.2, 0.25) is 5.91 Å². The summed E-state index contributed by atoms with van der Waals surface area (Å²) in [4.78, 5) is 14.4. The van der Waals surface area contributed by atoms with E-state index >= 15 is 0 Å². The van der Waals surface area contributed by atoms with Crippen molar-refractivity contribution in [3.63, 3.8) is 0 Å². The lowest BCUT2D eigenvalue weighted by Crippen LogP contribution is -2.44. The molecule has 3 rings (SSSR count). The van der Waals surface area contributed by atoms with E-state index < -0.39 is 0 Å². The Labute approximate surface area is 148 Å². The number of nitrogens with zero attached hydrogens (tertiary/aromatic N) is 1. The molecule has 0 radical (unpaired) electrons. The predicted octanol–water partition coefficient (Wildman–Crippen LogP) is 2.77. The maximum Gasteiger partial charge on any atom is 0.224 e. The summed E-state index contributed by atoms with van der Waals surface area (Å²) in [6, 6.07) is 17.0. The lowest BCUT2D eigenvalue weighted by atomic mass is 10.0. The van der Waals surface area contributed by atoms with Crippen LogP contribution in [-0.4, -0.2) is 36.6 Å². The molecule has 2 aromatic carbocycles. The molecule has 2 atom stereocenters. The number of carbonyl (C=O) groups is 1. The zero-order chi connectivity index (χ0) is 17.6. The quantitative estimate of drug-likeness (QED) is 0.878. The van der Waals surface area contributed by atoms with Gasteiger partial charge in [-0.15, -0.1) is 0 Å². The molecule has 25 heavy (non-hydrogen) atoms. The maximum atomic E-state index is 12.6. The van der Waals surface area contributed by atoms with E-state index in [4.69, 9.17) is 15.2 Å². The molecular formula is C20H24N2O3. The van der Waals surface area contributed by atoms with Crippen molar-refractivity contribution in [2.24, 2.45) is 5.73 Å². The lowest BCUT2D eigenvalue weighted by Gasteiger charge is -2.31. The van der Waals surface area contributed by atoms with E-state index in [1.807, 2.05) is 61.5 Å². The fraction of sp³-hybridized carbons (Fsp3) is 0.350. The summed E-state index contributed by atoms with van der Waals surface area (Å²) in [5.74, 6) is 1.50. The number of carbonyl (C=O) groups excluding carboxylic acids is 1. The second-order valence-electron chi connectivity index (χ2n) is 6.15. The average molecular weight is 340 g/mol. The van der Waals surface area contributed by atoms with Crippen LogP contribution in [0.2, 0.25) is 0 Å². The fourth-order valence-corrected chi connectivity index (χ4v) is 2.94. The van der Waals surface area contributed by atoms with Crippen molar-refractivity contribution in [3.8, 4) is 11.5 Å². The van der Waals surface area contributed by atoms with Crippen LogP contribution >= 0.6 is 0 Å². The van der Waals surface area contributed by atoms with Gasteiger partial charge in [-0.1, -0.05) is 42.5 Å². The molecule has 0 aliphatic carbocycles. The van der Waals surface area contributed by atoms with E-state index in [0.29, 0.717) is 19.7 Å². The van der Waals surface area contributed by atoms with Crippen molar-refractivity contribution in [1.29, 1.82) is 0 Å². The Kier molecular flexibility index (Phi) is 5.56. The number of amides is 1. The molecule has 1 amide bonds. The zero-order valence-electron chi connectivity index (χ0n) is 14.4. The molecule has 132 valence electrons. The van der Waals surface area contributed by atoms with Gasteiger partial charge < -0.3 is 20.1 Å². The van der Waals surface area contributed by atoms with Gasteiger partial charge in [-0.25, -0.2) is 0 Å². The molecule has 5 nitrogen and oxygen atoms in total. The van der Waals surface area contributed by atoms with Crippen molar-refractivity contribution >= 4 is 5.91 Å². The predicted molar refractivity (Wildman–Crippen MR) is 96.6 cm³/mol. The lowest BCUT2D eigenvalue weighted by molar-refractivity contribution is -0.133. The van der Waals surface area contributed by atoms with Crippen LogP contribution < -0.4 is 15.2 Å². The largest absolute Gasteiger partial charge is 0.486 e. The van der Waals surface area contributed by atoms with E-state index in [2.05, 4.69) is 0 Å². The van der Waals surface area contributed by atoms with Crippen LogP contribution in [0.5, 0.6) is 11.5 Å². The summed E-state index contributed by atoms with van der Waals surface area (Å²) in [5.41, 5.74) is 7.15. The van der Waals surface area contributed by atoms with Crippen LogP contribution in [0.3, 0.4) is 0 Å². The monoisotopic (exact) mass is 340 g/mol. The van der Waals surface area contributed by atoms with Gasteiger partial charge in [-0.05, 0) is 24.6 Å². The van der Waals surface area contributed by atoms with Gasteiger partial charge in [-0.2, -0.15) is 0 Å². The summed E-state index contributed by atoms with van der Waals surface area (Å²) in [6.07, 6.45) is 0.105. The van der Waals surface area contributed by atoms with Crippen LogP contribution in [0.15, 0.2) is 54.6 Å². The highest BCUT2D eigenvalue weighted by Crippen LogP contribution is 2.31. The molecule has 1 aliphatic heterocycles. The van der Waals surface area contributed by atoms with Gasteiger partial charge in [0.05, 0.1) is 6.54 Å². The van der Waals surface area contributed by atoms with E-state index in [9.17, 15) is 4.79 Å². The van der Waals surface area contributed by atoms with Crippen molar-refractivity contribution < 1.29 is 14.3 Å². The molecule has 2 aromatic rings. The van der Waals surface area contributed by atoms with E-state index in [1.165, 1.54) is 0 Å². The minimum absolute atomic E-state index is 0.0290. The molecule has 0 saturated carbocycles. The van der Waals surface area contributed by atoms with Crippen LogP contribution in [0.4, 0.5) is 0 Å². The highest BCUT2D eigenvalue weighted by Gasteiger charge is 2.25. The number of fused-ring (bicyclic) bond motifs is 1. The van der Waals surface area contributed by atoms with E-state index in [1.54, 1.807) is 4.90 Å². The Morgan fingerprint density at radius 1 is 1.16 bits per heavy atom. The topological polar surface area (TPSA) is 64.8 Å². The summed E-state index contributed by atoms with van der Waals surface area (Å²) in [7, 11) is 0. The number of benzene rings is 2. The molecule has 5 heteroatoms. The van der Waals surface area contributed by atoms with Crippen molar-refractivity contribution in [3.05, 3.63) is 60.2 Å². The number of nitrogens with two attached hydrogens (primary N) is 1. The van der Waals surface area contributed by atoms with E-state index in [-0.39, 0.29) is 24.5 Å². The standard InChI is InChI=1S/C20H24N2O3/c1-2-22(20(23)12-17(21)15-8-4-3-5-9-15)13-16-14-24-18-10-6-7-11-19(18)25-16/h3-11,16-17H,2,12-14,21H2,1H3. The van der Waals surface area contributed by atoms with Crippen molar-refractivity contribution in [2.75, 3.05) is 19.7 Å². The van der Waals surface area contributed by atoms with Crippen LogP contribution in [-0.2, 0) is 4.79 Å². The molecule has 0 spiro atoms. The highest BCUT2D eigenvalue weighted by molar-refractivity contribution is 5.77. The SMILES string of the molecule is CCN(CC1COc2ccccc2O1)C(=O)CC(N)c1ccccc1. The molecule has 2 N–H and O–H groups in total. The van der Waals surface area contributed by atoms with Gasteiger partial charge in [-0.3, -0.25) is 4.79 Å². The number of hydrogen-bond acceptors (Lipinski definition) is 4. The van der Waals surface area contributed by atoms with Crippen molar-refractivity contribution in [2.45, 2.75) is 25.5 Å². The van der Waals surface area contributed by atoms with Crippen LogP contribution in [0.25, 0.3) is 0 Å². The molecule has 1 heterocycles. The minimum atomic E-state index is -0.299. The maximum absolute atomic E-state index is 12.6. The summed E-state index contributed by atoms with van der Waals surface area (Å²) < 4.78 is 11.7. The Bertz CT molecular complexity index is 705. The Morgan fingerprint density at radius 3 is 2.56 bits per heavy atom. The summed E-state index contributed by atoms with van der Waals surface area (Å²) >= 11 is 0. The van der Waals surface area contributed by atoms with Crippen LogP contribution in [0, 0.1) is 0 Å².